The molecule has 1 N–H and O–H groups in total. The quantitative estimate of drug-likeness (QED) is 0.816. The highest BCUT2D eigenvalue weighted by Crippen LogP contribution is 2.27. The Bertz CT molecular complexity index is 450. The zero-order chi connectivity index (χ0) is 14.7. The van der Waals surface area contributed by atoms with Crippen LogP contribution in [0.15, 0.2) is 24.3 Å². The Morgan fingerprint density at radius 1 is 1.26 bits per heavy atom. The molecule has 0 radical (unpaired) electrons. The fourth-order valence-corrected chi connectivity index (χ4v) is 1.84. The van der Waals surface area contributed by atoms with E-state index in [9.17, 15) is 4.79 Å². The van der Waals surface area contributed by atoms with Gasteiger partial charge in [0.1, 0.15) is 5.60 Å². The molecule has 1 aromatic rings. The summed E-state index contributed by atoms with van der Waals surface area (Å²) in [5.41, 5.74) is 1.45. The van der Waals surface area contributed by atoms with Crippen molar-refractivity contribution in [2.24, 2.45) is 0 Å². The number of alkyl halides is 1. The highest BCUT2D eigenvalue weighted by atomic mass is 79.9. The molecule has 0 aromatic heterocycles. The van der Waals surface area contributed by atoms with Crippen molar-refractivity contribution in [3.8, 4) is 0 Å². The molecular weight excluding hydrogens is 306 g/mol. The molecule has 0 saturated carbocycles. The SMILES string of the molecule is CC(C)(C)OC(=O)Nc1cccc(C(C)(C)CBr)c1. The predicted octanol–water partition coefficient (Wildman–Crippen LogP) is 4.71. The summed E-state index contributed by atoms with van der Waals surface area (Å²) in [7, 11) is 0. The fraction of sp³-hybridized carbons (Fsp3) is 0.533. The zero-order valence-electron chi connectivity index (χ0n) is 12.2. The minimum Gasteiger partial charge on any atom is -0.444 e. The van der Waals surface area contributed by atoms with Crippen LogP contribution in [0.4, 0.5) is 10.5 Å². The molecule has 0 unspecified atom stereocenters. The van der Waals surface area contributed by atoms with Crippen molar-refractivity contribution in [2.45, 2.75) is 45.6 Å². The largest absolute Gasteiger partial charge is 0.444 e. The molecule has 0 aliphatic carbocycles. The fourth-order valence-electron chi connectivity index (χ4n) is 1.52. The molecule has 1 aromatic carbocycles. The molecule has 4 heteroatoms. The Balaban J connectivity index is 2.81. The van der Waals surface area contributed by atoms with Crippen LogP contribution >= 0.6 is 15.9 Å². The number of carbonyl (C=O) groups excluding carboxylic acids is 1. The van der Waals surface area contributed by atoms with Gasteiger partial charge in [-0.1, -0.05) is 41.9 Å². The number of hydrogen-bond acceptors (Lipinski definition) is 2. The van der Waals surface area contributed by atoms with E-state index in [-0.39, 0.29) is 5.41 Å². The molecule has 0 saturated heterocycles. The van der Waals surface area contributed by atoms with E-state index >= 15 is 0 Å². The van der Waals surface area contributed by atoms with E-state index in [0.717, 1.165) is 16.6 Å². The molecule has 106 valence electrons. The number of benzene rings is 1. The zero-order valence-corrected chi connectivity index (χ0v) is 13.8. The predicted molar refractivity (Wildman–Crippen MR) is 83.1 cm³/mol. The number of halogens is 1. The Morgan fingerprint density at radius 3 is 2.42 bits per heavy atom. The van der Waals surface area contributed by atoms with Gasteiger partial charge in [-0.3, -0.25) is 5.32 Å². The molecule has 0 spiro atoms. The molecule has 0 atom stereocenters. The summed E-state index contributed by atoms with van der Waals surface area (Å²) in [6, 6.07) is 7.83. The molecule has 0 fully saturated rings. The van der Waals surface area contributed by atoms with Crippen LogP contribution in [0.25, 0.3) is 0 Å². The first kappa shape index (κ1) is 16.0. The normalized spacial score (nSPS) is 12.1. The minimum absolute atomic E-state index is 0.0195. The molecule has 0 bridgehead atoms. The van der Waals surface area contributed by atoms with Gasteiger partial charge in [0.05, 0.1) is 0 Å². The van der Waals surface area contributed by atoms with Gasteiger partial charge in [0.15, 0.2) is 0 Å². The lowest BCUT2D eigenvalue weighted by atomic mass is 9.87. The number of anilines is 1. The van der Waals surface area contributed by atoms with Crippen LogP contribution in [0.3, 0.4) is 0 Å². The second-order valence-corrected chi connectivity index (χ2v) is 6.79. The number of rotatable bonds is 3. The number of carbonyl (C=O) groups is 1. The van der Waals surface area contributed by atoms with Gasteiger partial charge in [0.2, 0.25) is 0 Å². The van der Waals surface area contributed by atoms with Crippen molar-refractivity contribution in [3.63, 3.8) is 0 Å². The van der Waals surface area contributed by atoms with Crippen molar-refractivity contribution in [3.05, 3.63) is 29.8 Å². The van der Waals surface area contributed by atoms with Gasteiger partial charge in [0, 0.05) is 11.0 Å². The van der Waals surface area contributed by atoms with Gasteiger partial charge in [-0.25, -0.2) is 4.79 Å². The first-order chi connectivity index (χ1) is 8.64. The first-order valence-electron chi connectivity index (χ1n) is 6.30. The maximum absolute atomic E-state index is 11.7. The molecule has 0 heterocycles. The van der Waals surface area contributed by atoms with Gasteiger partial charge < -0.3 is 4.74 Å². The van der Waals surface area contributed by atoms with Crippen LogP contribution in [0, 0.1) is 0 Å². The lowest BCUT2D eigenvalue weighted by molar-refractivity contribution is 0.0636. The van der Waals surface area contributed by atoms with Crippen molar-refractivity contribution in [1.29, 1.82) is 0 Å². The van der Waals surface area contributed by atoms with E-state index in [1.165, 1.54) is 0 Å². The van der Waals surface area contributed by atoms with Gasteiger partial charge in [-0.15, -0.1) is 0 Å². The molecule has 1 rings (SSSR count). The second kappa shape index (κ2) is 5.95. The third-order valence-electron chi connectivity index (χ3n) is 2.62. The van der Waals surface area contributed by atoms with Crippen molar-refractivity contribution >= 4 is 27.7 Å². The third-order valence-corrected chi connectivity index (χ3v) is 4.03. The van der Waals surface area contributed by atoms with E-state index in [2.05, 4.69) is 41.2 Å². The smallest absolute Gasteiger partial charge is 0.412 e. The molecule has 0 aliphatic heterocycles. The summed E-state index contributed by atoms with van der Waals surface area (Å²) in [6.45, 7) is 9.83. The Hall–Kier alpha value is -1.03. The molecular formula is C15H22BrNO2. The summed E-state index contributed by atoms with van der Waals surface area (Å²) in [5, 5.41) is 3.62. The summed E-state index contributed by atoms with van der Waals surface area (Å²) in [6.07, 6.45) is -0.429. The van der Waals surface area contributed by atoms with Crippen molar-refractivity contribution in [1.82, 2.24) is 0 Å². The molecule has 19 heavy (non-hydrogen) atoms. The van der Waals surface area contributed by atoms with Crippen molar-refractivity contribution < 1.29 is 9.53 Å². The highest BCUT2D eigenvalue weighted by molar-refractivity contribution is 9.09. The average Bonchev–Trinajstić information content (AvgIpc) is 2.26. The Labute approximate surface area is 123 Å². The van der Waals surface area contributed by atoms with Gasteiger partial charge >= 0.3 is 6.09 Å². The summed E-state index contributed by atoms with van der Waals surface area (Å²) in [5.74, 6) is 0. The lowest BCUT2D eigenvalue weighted by Crippen LogP contribution is -2.27. The maximum atomic E-state index is 11.7. The van der Waals surface area contributed by atoms with Gasteiger partial charge in [-0.2, -0.15) is 0 Å². The van der Waals surface area contributed by atoms with Crippen LogP contribution in [-0.4, -0.2) is 17.0 Å². The molecule has 3 nitrogen and oxygen atoms in total. The Kier molecular flexibility index (Phi) is 5.02. The summed E-state index contributed by atoms with van der Waals surface area (Å²) in [4.78, 5) is 11.7. The van der Waals surface area contributed by atoms with Crippen LogP contribution < -0.4 is 5.32 Å². The van der Waals surface area contributed by atoms with E-state index in [1.54, 1.807) is 0 Å². The highest BCUT2D eigenvalue weighted by Gasteiger charge is 2.20. The van der Waals surface area contributed by atoms with Crippen LogP contribution in [0.2, 0.25) is 0 Å². The topological polar surface area (TPSA) is 38.3 Å². The number of amides is 1. The first-order valence-corrected chi connectivity index (χ1v) is 7.43. The second-order valence-electron chi connectivity index (χ2n) is 6.23. The number of nitrogens with one attached hydrogen (secondary N) is 1. The van der Waals surface area contributed by atoms with E-state index in [1.807, 2.05) is 39.0 Å². The maximum Gasteiger partial charge on any atom is 0.412 e. The van der Waals surface area contributed by atoms with E-state index < -0.39 is 11.7 Å². The molecule has 1 amide bonds. The van der Waals surface area contributed by atoms with Crippen LogP contribution in [0.1, 0.15) is 40.2 Å². The standard InChI is InChI=1S/C15H22BrNO2/c1-14(2,3)19-13(18)17-12-8-6-7-11(9-12)15(4,5)10-16/h6-9H,10H2,1-5H3,(H,17,18). The average molecular weight is 328 g/mol. The minimum atomic E-state index is -0.489. The van der Waals surface area contributed by atoms with E-state index in [4.69, 9.17) is 4.74 Å². The number of ether oxygens (including phenoxy) is 1. The van der Waals surface area contributed by atoms with Gasteiger partial charge in [0.25, 0.3) is 0 Å². The Morgan fingerprint density at radius 2 is 1.89 bits per heavy atom. The number of hydrogen-bond donors (Lipinski definition) is 1. The summed E-state index contributed by atoms with van der Waals surface area (Å²) < 4.78 is 5.23. The van der Waals surface area contributed by atoms with Gasteiger partial charge in [-0.05, 0) is 43.9 Å². The van der Waals surface area contributed by atoms with Crippen LogP contribution in [0.5, 0.6) is 0 Å². The molecule has 0 aliphatic rings. The third kappa shape index (κ3) is 5.23. The van der Waals surface area contributed by atoms with Crippen molar-refractivity contribution in [2.75, 3.05) is 10.6 Å². The van der Waals surface area contributed by atoms with E-state index in [0.29, 0.717) is 0 Å². The lowest BCUT2D eigenvalue weighted by Gasteiger charge is -2.23. The summed E-state index contributed by atoms with van der Waals surface area (Å²) >= 11 is 3.51. The monoisotopic (exact) mass is 327 g/mol. The van der Waals surface area contributed by atoms with Crippen LogP contribution in [-0.2, 0) is 10.2 Å².